The van der Waals surface area contributed by atoms with Crippen LogP contribution >= 0.6 is 0 Å². The molecule has 0 heterocycles. The van der Waals surface area contributed by atoms with Crippen molar-refractivity contribution >= 4 is 16.9 Å². The molecule has 0 aromatic carbocycles. The van der Waals surface area contributed by atoms with E-state index in [1.807, 2.05) is 0 Å². The van der Waals surface area contributed by atoms with E-state index in [4.69, 9.17) is 9.29 Å². The van der Waals surface area contributed by atoms with Gasteiger partial charge in [-0.1, -0.05) is 0 Å². The molecule has 0 aliphatic rings. The smallest absolute Gasteiger partial charge is 0.167 e. The molecule has 72 valence electrons. The van der Waals surface area contributed by atoms with Gasteiger partial charge in [0, 0.05) is 7.11 Å². The van der Waals surface area contributed by atoms with Gasteiger partial charge in [0.1, 0.15) is 5.78 Å². The first-order chi connectivity index (χ1) is 5.57. The summed E-state index contributed by atoms with van der Waals surface area (Å²) >= 11 is -1.93. The third-order valence-electron chi connectivity index (χ3n) is 1.28. The normalized spacial score (nSPS) is 15.6. The SMILES string of the molecule is COCC(NCS(=O)O)C(C)=O. The summed E-state index contributed by atoms with van der Waals surface area (Å²) < 4.78 is 23.4. The molecule has 0 radical (unpaired) electrons. The van der Waals surface area contributed by atoms with Gasteiger partial charge >= 0.3 is 0 Å². The molecule has 0 aromatic heterocycles. The van der Waals surface area contributed by atoms with Gasteiger partial charge in [-0.05, 0) is 6.92 Å². The number of carbonyl (C=O) groups is 1. The standard InChI is InChI=1S/C6H13NO4S/c1-5(8)6(3-11-2)7-4-12(9)10/h6-7H,3-4H2,1-2H3,(H,9,10). The van der Waals surface area contributed by atoms with Crippen LogP contribution in [-0.4, -0.2) is 40.2 Å². The molecule has 6 heteroatoms. The van der Waals surface area contributed by atoms with Gasteiger partial charge in [0.25, 0.3) is 0 Å². The van der Waals surface area contributed by atoms with Crippen LogP contribution in [0, 0.1) is 0 Å². The highest BCUT2D eigenvalue weighted by Crippen LogP contribution is 1.87. The lowest BCUT2D eigenvalue weighted by Crippen LogP contribution is -2.40. The molecular formula is C6H13NO4S. The fourth-order valence-electron chi connectivity index (χ4n) is 0.659. The maximum Gasteiger partial charge on any atom is 0.167 e. The number of rotatable bonds is 6. The summed E-state index contributed by atoms with van der Waals surface area (Å²) in [7, 11) is 1.47. The maximum atomic E-state index is 10.8. The van der Waals surface area contributed by atoms with Gasteiger partial charge in [-0.15, -0.1) is 0 Å². The molecule has 0 bridgehead atoms. The summed E-state index contributed by atoms with van der Waals surface area (Å²) in [6, 6.07) is -0.494. The Balaban J connectivity index is 3.79. The molecule has 2 unspecified atom stereocenters. The summed E-state index contributed by atoms with van der Waals surface area (Å²) in [5, 5.41) is 2.59. The zero-order chi connectivity index (χ0) is 9.56. The van der Waals surface area contributed by atoms with Crippen LogP contribution in [0.25, 0.3) is 0 Å². The van der Waals surface area contributed by atoms with E-state index in [1.54, 1.807) is 0 Å². The van der Waals surface area contributed by atoms with Gasteiger partial charge in [0.2, 0.25) is 0 Å². The fraction of sp³-hybridized carbons (Fsp3) is 0.833. The van der Waals surface area contributed by atoms with Crippen LogP contribution < -0.4 is 5.32 Å². The number of methoxy groups -OCH3 is 1. The van der Waals surface area contributed by atoms with E-state index in [2.05, 4.69) is 5.32 Å². The number of carbonyl (C=O) groups excluding carboxylic acids is 1. The Morgan fingerprint density at radius 3 is 2.67 bits per heavy atom. The van der Waals surface area contributed by atoms with Crippen LogP contribution in [-0.2, 0) is 20.6 Å². The summed E-state index contributed by atoms with van der Waals surface area (Å²) in [6.45, 7) is 1.61. The van der Waals surface area contributed by atoms with E-state index in [-0.39, 0.29) is 18.3 Å². The fourth-order valence-corrected chi connectivity index (χ4v) is 1.00. The van der Waals surface area contributed by atoms with Gasteiger partial charge in [-0.25, -0.2) is 4.21 Å². The predicted octanol–water partition coefficient (Wildman–Crippen LogP) is -0.641. The molecule has 0 saturated carbocycles. The first kappa shape index (κ1) is 11.7. The minimum Gasteiger partial charge on any atom is -0.383 e. The van der Waals surface area contributed by atoms with Gasteiger partial charge in [0.15, 0.2) is 11.1 Å². The minimum absolute atomic E-state index is 0.109. The molecule has 0 saturated heterocycles. The Labute approximate surface area is 73.8 Å². The molecule has 0 fully saturated rings. The second-order valence-electron chi connectivity index (χ2n) is 2.29. The Morgan fingerprint density at radius 1 is 1.75 bits per heavy atom. The zero-order valence-electron chi connectivity index (χ0n) is 7.07. The van der Waals surface area contributed by atoms with E-state index < -0.39 is 17.1 Å². The van der Waals surface area contributed by atoms with Crippen molar-refractivity contribution in [1.82, 2.24) is 5.32 Å². The summed E-state index contributed by atoms with van der Waals surface area (Å²) in [5.41, 5.74) is 0. The Hall–Kier alpha value is -0.300. The van der Waals surface area contributed by atoms with Crippen LogP contribution in [0.2, 0.25) is 0 Å². The number of nitrogens with one attached hydrogen (secondary N) is 1. The molecular weight excluding hydrogens is 182 g/mol. The van der Waals surface area contributed by atoms with Crippen molar-refractivity contribution in [3.05, 3.63) is 0 Å². The Kier molecular flexibility index (Phi) is 6.09. The van der Waals surface area contributed by atoms with E-state index >= 15 is 0 Å². The molecule has 5 nitrogen and oxygen atoms in total. The van der Waals surface area contributed by atoms with Crippen LogP contribution in [0.3, 0.4) is 0 Å². The molecule has 0 aliphatic carbocycles. The van der Waals surface area contributed by atoms with Crippen LogP contribution in [0.5, 0.6) is 0 Å². The Bertz CT molecular complexity index is 173. The lowest BCUT2D eigenvalue weighted by molar-refractivity contribution is -0.120. The molecule has 0 rings (SSSR count). The number of ether oxygens (including phenoxy) is 1. The van der Waals surface area contributed by atoms with E-state index in [9.17, 15) is 9.00 Å². The highest BCUT2D eigenvalue weighted by atomic mass is 32.2. The van der Waals surface area contributed by atoms with E-state index in [0.717, 1.165) is 0 Å². The monoisotopic (exact) mass is 195 g/mol. The lowest BCUT2D eigenvalue weighted by Gasteiger charge is -2.12. The van der Waals surface area contributed by atoms with Crippen molar-refractivity contribution < 1.29 is 18.3 Å². The van der Waals surface area contributed by atoms with Crippen LogP contribution in [0.4, 0.5) is 0 Å². The first-order valence-electron chi connectivity index (χ1n) is 3.38. The van der Waals surface area contributed by atoms with Crippen molar-refractivity contribution in [1.29, 1.82) is 0 Å². The lowest BCUT2D eigenvalue weighted by atomic mass is 10.2. The third-order valence-corrected chi connectivity index (χ3v) is 1.69. The zero-order valence-corrected chi connectivity index (χ0v) is 7.89. The van der Waals surface area contributed by atoms with Crippen LogP contribution in [0.15, 0.2) is 0 Å². The maximum absolute atomic E-state index is 10.8. The number of Topliss-reactive ketones (excluding diaryl/α,β-unsaturated/α-hetero) is 1. The molecule has 0 aliphatic heterocycles. The molecule has 0 spiro atoms. The van der Waals surface area contributed by atoms with Crippen molar-refractivity contribution in [3.8, 4) is 0 Å². The van der Waals surface area contributed by atoms with Gasteiger partial charge < -0.3 is 9.29 Å². The molecule has 2 N–H and O–H groups in total. The van der Waals surface area contributed by atoms with Crippen molar-refractivity contribution in [3.63, 3.8) is 0 Å². The van der Waals surface area contributed by atoms with Gasteiger partial charge in [-0.3, -0.25) is 10.1 Å². The van der Waals surface area contributed by atoms with E-state index in [0.29, 0.717) is 0 Å². The van der Waals surface area contributed by atoms with Crippen molar-refractivity contribution in [2.45, 2.75) is 13.0 Å². The van der Waals surface area contributed by atoms with Crippen LogP contribution in [0.1, 0.15) is 6.92 Å². The van der Waals surface area contributed by atoms with Crippen molar-refractivity contribution in [2.24, 2.45) is 0 Å². The van der Waals surface area contributed by atoms with Gasteiger partial charge in [0.05, 0.1) is 18.5 Å². The number of hydrogen-bond donors (Lipinski definition) is 2. The van der Waals surface area contributed by atoms with E-state index in [1.165, 1.54) is 14.0 Å². The molecule has 0 amide bonds. The molecule has 2 atom stereocenters. The Morgan fingerprint density at radius 2 is 2.33 bits per heavy atom. The number of ketones is 1. The second-order valence-corrected chi connectivity index (χ2v) is 3.22. The average Bonchev–Trinajstić information content (AvgIpc) is 1.96. The third kappa shape index (κ3) is 5.36. The highest BCUT2D eigenvalue weighted by molar-refractivity contribution is 7.79. The largest absolute Gasteiger partial charge is 0.383 e. The number of hydrogen-bond acceptors (Lipinski definition) is 4. The average molecular weight is 195 g/mol. The minimum atomic E-state index is -1.93. The summed E-state index contributed by atoms with van der Waals surface area (Å²) in [6.07, 6.45) is 0. The molecule has 12 heavy (non-hydrogen) atoms. The summed E-state index contributed by atoms with van der Waals surface area (Å²) in [4.78, 5) is 10.8. The topological polar surface area (TPSA) is 75.6 Å². The second kappa shape index (κ2) is 6.24. The highest BCUT2D eigenvalue weighted by Gasteiger charge is 2.13. The predicted molar refractivity (Wildman–Crippen MR) is 45.1 cm³/mol. The quantitative estimate of drug-likeness (QED) is 0.551. The van der Waals surface area contributed by atoms with Crippen molar-refractivity contribution in [2.75, 3.05) is 19.6 Å². The first-order valence-corrected chi connectivity index (χ1v) is 4.65. The molecule has 0 aromatic rings. The van der Waals surface area contributed by atoms with Gasteiger partial charge in [-0.2, -0.15) is 0 Å². The summed E-state index contributed by atoms with van der Waals surface area (Å²) in [5.74, 6) is -0.226.